The molecule has 6 nitrogen and oxygen atoms in total. The number of halogens is 2. The van der Waals surface area contributed by atoms with Crippen LogP contribution in [0.1, 0.15) is 6.42 Å². The minimum absolute atomic E-state index is 0.0819. The third-order valence-electron chi connectivity index (χ3n) is 2.97. The van der Waals surface area contributed by atoms with Gasteiger partial charge in [-0.2, -0.15) is 0 Å². The van der Waals surface area contributed by atoms with Crippen LogP contribution in [0.3, 0.4) is 0 Å². The molecule has 1 saturated heterocycles. The minimum Gasteiger partial charge on any atom is -0.397 e. The van der Waals surface area contributed by atoms with Crippen molar-refractivity contribution in [2.75, 3.05) is 23.7 Å². The van der Waals surface area contributed by atoms with Gasteiger partial charge in [-0.25, -0.2) is 4.39 Å². The average Bonchev–Trinajstić information content (AvgIpc) is 2.72. The fraction of sp³-hybridized carbons (Fsp3) is 0.364. The number of anilines is 2. The smallest absolute Gasteiger partial charge is 0.227 e. The molecule has 1 aromatic carbocycles. The molecular weight excluding hydrogens is 273 g/mol. The van der Waals surface area contributed by atoms with E-state index in [0.29, 0.717) is 12.2 Å². The summed E-state index contributed by atoms with van der Waals surface area (Å²) in [5.74, 6) is -0.884. The summed E-state index contributed by atoms with van der Waals surface area (Å²) in [7, 11) is 0. The Hall–Kier alpha value is -1.98. The lowest BCUT2D eigenvalue weighted by molar-refractivity contribution is -0.117. The molecule has 2 rings (SSSR count). The third-order valence-corrected chi connectivity index (χ3v) is 3.26. The van der Waals surface area contributed by atoms with Gasteiger partial charge < -0.3 is 10.6 Å². The number of nitrogen functional groups attached to an aromatic ring is 1. The van der Waals surface area contributed by atoms with E-state index in [0.717, 1.165) is 6.07 Å². The summed E-state index contributed by atoms with van der Waals surface area (Å²) in [4.78, 5) is 15.9. The quantitative estimate of drug-likeness (QED) is 0.399. The number of nitrogens with two attached hydrogens (primary N) is 1. The lowest BCUT2D eigenvalue weighted by Gasteiger charge is -2.19. The van der Waals surface area contributed by atoms with Crippen molar-refractivity contribution >= 4 is 28.9 Å². The van der Waals surface area contributed by atoms with Crippen LogP contribution in [0, 0.1) is 11.7 Å². The van der Waals surface area contributed by atoms with Gasteiger partial charge in [0.1, 0.15) is 5.82 Å². The average molecular weight is 284 g/mol. The highest BCUT2D eigenvalue weighted by Gasteiger charge is 2.31. The molecule has 0 aromatic heterocycles. The van der Waals surface area contributed by atoms with Crippen molar-refractivity contribution in [1.82, 2.24) is 0 Å². The Balaban J connectivity index is 2.25. The maximum atomic E-state index is 13.4. The van der Waals surface area contributed by atoms with Gasteiger partial charge in [-0.3, -0.25) is 4.79 Å². The largest absolute Gasteiger partial charge is 0.397 e. The molecule has 1 unspecified atom stereocenters. The zero-order valence-corrected chi connectivity index (χ0v) is 10.6. The number of azide groups is 1. The highest BCUT2D eigenvalue weighted by Crippen LogP contribution is 2.33. The summed E-state index contributed by atoms with van der Waals surface area (Å²) in [6, 6.07) is 2.42. The van der Waals surface area contributed by atoms with Crippen LogP contribution in [-0.2, 0) is 4.79 Å². The maximum Gasteiger partial charge on any atom is 0.227 e. The Labute approximate surface area is 113 Å². The molecule has 2 N–H and O–H groups in total. The molecule has 1 aliphatic heterocycles. The van der Waals surface area contributed by atoms with Gasteiger partial charge in [0.05, 0.1) is 16.4 Å². The molecular formula is C11H11ClFN5O. The van der Waals surface area contributed by atoms with Crippen molar-refractivity contribution in [2.45, 2.75) is 6.42 Å². The molecule has 1 amide bonds. The monoisotopic (exact) mass is 283 g/mol. The van der Waals surface area contributed by atoms with Gasteiger partial charge in [0.25, 0.3) is 0 Å². The van der Waals surface area contributed by atoms with E-state index in [1.165, 1.54) is 11.0 Å². The second-order valence-corrected chi connectivity index (χ2v) is 4.72. The highest BCUT2D eigenvalue weighted by molar-refractivity contribution is 6.31. The van der Waals surface area contributed by atoms with E-state index in [1.54, 1.807) is 0 Å². The Morgan fingerprint density at radius 1 is 1.63 bits per heavy atom. The Morgan fingerprint density at radius 3 is 3.05 bits per heavy atom. The van der Waals surface area contributed by atoms with Crippen LogP contribution >= 0.6 is 11.6 Å². The molecule has 0 saturated carbocycles. The van der Waals surface area contributed by atoms with Crippen LogP contribution in [0.2, 0.25) is 5.02 Å². The molecule has 19 heavy (non-hydrogen) atoms. The second-order valence-electron chi connectivity index (χ2n) is 4.31. The standard InChI is InChI=1S/C11H11ClFN5O/c12-7-2-9(14)10(3-8(7)13)18-5-6(1-11(18)19)4-16-17-15/h2-3,6H,1,4-5,14H2. The van der Waals surface area contributed by atoms with E-state index < -0.39 is 5.82 Å². The van der Waals surface area contributed by atoms with E-state index in [1.807, 2.05) is 0 Å². The zero-order chi connectivity index (χ0) is 14.0. The molecule has 8 heteroatoms. The van der Waals surface area contributed by atoms with Crippen molar-refractivity contribution in [3.05, 3.63) is 33.4 Å². The predicted molar refractivity (Wildman–Crippen MR) is 70.3 cm³/mol. The van der Waals surface area contributed by atoms with Crippen LogP contribution in [-0.4, -0.2) is 19.0 Å². The molecule has 1 aromatic rings. The number of amides is 1. The van der Waals surface area contributed by atoms with Crippen molar-refractivity contribution in [2.24, 2.45) is 11.0 Å². The molecule has 1 fully saturated rings. The molecule has 100 valence electrons. The van der Waals surface area contributed by atoms with Gasteiger partial charge in [-0.15, -0.1) is 0 Å². The van der Waals surface area contributed by atoms with E-state index >= 15 is 0 Å². The fourth-order valence-electron chi connectivity index (χ4n) is 2.07. The summed E-state index contributed by atoms with van der Waals surface area (Å²) < 4.78 is 13.4. The topological polar surface area (TPSA) is 95.1 Å². The molecule has 0 aliphatic carbocycles. The molecule has 1 atom stereocenters. The van der Waals surface area contributed by atoms with E-state index in [4.69, 9.17) is 22.9 Å². The van der Waals surface area contributed by atoms with E-state index in [9.17, 15) is 9.18 Å². The van der Waals surface area contributed by atoms with Gasteiger partial charge in [-0.1, -0.05) is 16.7 Å². The summed E-state index contributed by atoms with van der Waals surface area (Å²) in [5, 5.41) is 3.36. The molecule has 0 bridgehead atoms. The number of carbonyl (C=O) groups is 1. The number of hydrogen-bond donors (Lipinski definition) is 1. The Bertz CT molecular complexity index is 572. The first kappa shape index (κ1) is 13.5. The maximum absolute atomic E-state index is 13.4. The predicted octanol–water partition coefficient (Wildman–Crippen LogP) is 2.72. The van der Waals surface area contributed by atoms with Gasteiger partial charge in [0, 0.05) is 30.5 Å². The molecule has 1 heterocycles. The second kappa shape index (κ2) is 5.34. The summed E-state index contributed by atoms with van der Waals surface area (Å²) >= 11 is 5.61. The Kier molecular flexibility index (Phi) is 3.78. The van der Waals surface area contributed by atoms with E-state index in [2.05, 4.69) is 10.0 Å². The van der Waals surface area contributed by atoms with Gasteiger partial charge >= 0.3 is 0 Å². The highest BCUT2D eigenvalue weighted by atomic mass is 35.5. The first-order valence-corrected chi connectivity index (χ1v) is 5.96. The molecule has 1 aliphatic rings. The number of carbonyl (C=O) groups excluding carboxylic acids is 1. The van der Waals surface area contributed by atoms with Gasteiger partial charge in [-0.05, 0) is 17.5 Å². The summed E-state index contributed by atoms with van der Waals surface area (Å²) in [5.41, 5.74) is 14.6. The lowest BCUT2D eigenvalue weighted by atomic mass is 10.1. The van der Waals surface area contributed by atoms with Gasteiger partial charge in [0.2, 0.25) is 5.91 Å². The number of benzene rings is 1. The van der Waals surface area contributed by atoms with Crippen molar-refractivity contribution in [1.29, 1.82) is 0 Å². The van der Waals surface area contributed by atoms with E-state index in [-0.39, 0.29) is 35.5 Å². The van der Waals surface area contributed by atoms with Crippen LogP contribution in [0.5, 0.6) is 0 Å². The van der Waals surface area contributed by atoms with Crippen molar-refractivity contribution in [3.63, 3.8) is 0 Å². The summed E-state index contributed by atoms with van der Waals surface area (Å²) in [6.07, 6.45) is 0.253. The Morgan fingerprint density at radius 2 is 2.37 bits per heavy atom. The SMILES string of the molecule is [N-]=[N+]=NCC1CC(=O)N(c2cc(F)c(Cl)cc2N)C1. The molecule has 0 radical (unpaired) electrons. The van der Waals surface area contributed by atoms with Crippen LogP contribution in [0.15, 0.2) is 17.2 Å². The number of rotatable bonds is 3. The van der Waals surface area contributed by atoms with Crippen LogP contribution in [0.4, 0.5) is 15.8 Å². The number of hydrogen-bond acceptors (Lipinski definition) is 3. The zero-order valence-electron chi connectivity index (χ0n) is 9.88. The van der Waals surface area contributed by atoms with Crippen LogP contribution in [0.25, 0.3) is 10.4 Å². The first-order chi connectivity index (χ1) is 9.02. The van der Waals surface area contributed by atoms with Crippen LogP contribution < -0.4 is 10.6 Å². The fourth-order valence-corrected chi connectivity index (χ4v) is 2.25. The minimum atomic E-state index is -0.628. The normalized spacial score (nSPS) is 18.5. The molecule has 0 spiro atoms. The van der Waals surface area contributed by atoms with Crippen molar-refractivity contribution in [3.8, 4) is 0 Å². The number of nitrogens with zero attached hydrogens (tertiary/aromatic N) is 4. The van der Waals surface area contributed by atoms with Gasteiger partial charge in [0.15, 0.2) is 0 Å². The first-order valence-electron chi connectivity index (χ1n) is 5.58. The summed E-state index contributed by atoms with van der Waals surface area (Å²) in [6.45, 7) is 0.581. The third kappa shape index (κ3) is 2.72. The van der Waals surface area contributed by atoms with Crippen molar-refractivity contribution < 1.29 is 9.18 Å². The lowest BCUT2D eigenvalue weighted by Crippen LogP contribution is -2.26.